The predicted molar refractivity (Wildman–Crippen MR) is 67.2 cm³/mol. The van der Waals surface area contributed by atoms with Gasteiger partial charge in [0.05, 0.1) is 24.7 Å². The van der Waals surface area contributed by atoms with E-state index in [9.17, 15) is 4.79 Å². The highest BCUT2D eigenvalue weighted by molar-refractivity contribution is 5.72. The molecule has 4 atom stereocenters. The minimum atomic E-state index is -0.0377. The van der Waals surface area contributed by atoms with Crippen molar-refractivity contribution >= 4 is 5.97 Å². The van der Waals surface area contributed by atoms with Crippen molar-refractivity contribution in [2.75, 3.05) is 19.8 Å². The van der Waals surface area contributed by atoms with Crippen LogP contribution >= 0.6 is 0 Å². The summed E-state index contributed by atoms with van der Waals surface area (Å²) in [7, 11) is 0. The van der Waals surface area contributed by atoms with Crippen LogP contribution in [-0.2, 0) is 19.0 Å². The van der Waals surface area contributed by atoms with Gasteiger partial charge in [-0.1, -0.05) is 0 Å². The maximum atomic E-state index is 12.0. The molecule has 0 bridgehead atoms. The van der Waals surface area contributed by atoms with Crippen LogP contribution in [0.2, 0.25) is 0 Å². The molecule has 0 aromatic heterocycles. The molecule has 0 radical (unpaired) electrons. The first-order chi connectivity index (χ1) is 8.65. The molecule has 2 fully saturated rings. The fourth-order valence-electron chi connectivity index (χ4n) is 2.77. The molecule has 2 rings (SSSR count). The number of carbonyl (C=O) groups excluding carboxylic acids is 1. The van der Waals surface area contributed by atoms with Crippen LogP contribution < -0.4 is 0 Å². The Labute approximate surface area is 109 Å². The molecule has 2 saturated heterocycles. The van der Waals surface area contributed by atoms with Crippen molar-refractivity contribution < 1.29 is 19.0 Å². The first-order valence-corrected chi connectivity index (χ1v) is 7.05. The Hall–Kier alpha value is -0.610. The maximum Gasteiger partial charge on any atom is 0.309 e. The first kappa shape index (κ1) is 13.8. The SMILES string of the molecule is CC1CC(COC(=O)C2CCOC(C)C2)CCO1. The molecular weight excluding hydrogens is 232 g/mol. The van der Waals surface area contributed by atoms with Gasteiger partial charge in [0.2, 0.25) is 0 Å². The van der Waals surface area contributed by atoms with E-state index in [1.54, 1.807) is 0 Å². The molecule has 4 unspecified atom stereocenters. The Bertz CT molecular complexity index is 279. The summed E-state index contributed by atoms with van der Waals surface area (Å²) in [5, 5.41) is 0. The number of ether oxygens (including phenoxy) is 3. The van der Waals surface area contributed by atoms with Gasteiger partial charge < -0.3 is 14.2 Å². The van der Waals surface area contributed by atoms with Crippen molar-refractivity contribution in [3.63, 3.8) is 0 Å². The van der Waals surface area contributed by atoms with Crippen molar-refractivity contribution in [1.82, 2.24) is 0 Å². The average Bonchev–Trinajstić information content (AvgIpc) is 2.36. The maximum absolute atomic E-state index is 12.0. The molecule has 0 saturated carbocycles. The Morgan fingerprint density at radius 2 is 1.78 bits per heavy atom. The van der Waals surface area contributed by atoms with Gasteiger partial charge in [-0.2, -0.15) is 0 Å². The van der Waals surface area contributed by atoms with Crippen LogP contribution in [0.3, 0.4) is 0 Å². The Balaban J connectivity index is 1.70. The molecule has 0 spiro atoms. The van der Waals surface area contributed by atoms with Gasteiger partial charge in [-0.3, -0.25) is 4.79 Å². The van der Waals surface area contributed by atoms with Crippen molar-refractivity contribution in [3.8, 4) is 0 Å². The van der Waals surface area contributed by atoms with E-state index < -0.39 is 0 Å². The van der Waals surface area contributed by atoms with E-state index in [1.807, 2.05) is 6.92 Å². The molecule has 4 nitrogen and oxygen atoms in total. The molecule has 0 aromatic carbocycles. The van der Waals surface area contributed by atoms with E-state index in [0.717, 1.165) is 32.3 Å². The smallest absolute Gasteiger partial charge is 0.309 e. The molecular formula is C14H24O4. The van der Waals surface area contributed by atoms with Gasteiger partial charge in [0.15, 0.2) is 0 Å². The second kappa shape index (κ2) is 6.53. The van der Waals surface area contributed by atoms with E-state index in [4.69, 9.17) is 14.2 Å². The summed E-state index contributed by atoms with van der Waals surface area (Å²) in [6.45, 7) is 6.11. The number of esters is 1. The lowest BCUT2D eigenvalue weighted by Crippen LogP contribution is -2.32. The van der Waals surface area contributed by atoms with Crippen molar-refractivity contribution in [3.05, 3.63) is 0 Å². The van der Waals surface area contributed by atoms with Gasteiger partial charge in [-0.25, -0.2) is 0 Å². The van der Waals surface area contributed by atoms with E-state index in [1.165, 1.54) is 0 Å². The van der Waals surface area contributed by atoms with Crippen LogP contribution in [0.4, 0.5) is 0 Å². The molecule has 0 N–H and O–H groups in total. The van der Waals surface area contributed by atoms with Crippen LogP contribution in [-0.4, -0.2) is 38.0 Å². The summed E-state index contributed by atoms with van der Waals surface area (Å²) < 4.78 is 16.4. The van der Waals surface area contributed by atoms with E-state index in [-0.39, 0.29) is 18.0 Å². The lowest BCUT2D eigenvalue weighted by molar-refractivity contribution is -0.156. The third-order valence-electron chi connectivity index (χ3n) is 3.87. The van der Waals surface area contributed by atoms with E-state index >= 15 is 0 Å². The zero-order valence-corrected chi connectivity index (χ0v) is 11.4. The number of carbonyl (C=O) groups is 1. The largest absolute Gasteiger partial charge is 0.465 e. The van der Waals surface area contributed by atoms with Crippen molar-refractivity contribution in [1.29, 1.82) is 0 Å². The molecule has 2 aliphatic heterocycles. The highest BCUT2D eigenvalue weighted by atomic mass is 16.5. The number of hydrogen-bond acceptors (Lipinski definition) is 4. The third-order valence-corrected chi connectivity index (χ3v) is 3.87. The van der Waals surface area contributed by atoms with Crippen LogP contribution in [0, 0.1) is 11.8 Å². The fraction of sp³-hybridized carbons (Fsp3) is 0.929. The molecule has 4 heteroatoms. The summed E-state index contributed by atoms with van der Waals surface area (Å²) >= 11 is 0. The quantitative estimate of drug-likeness (QED) is 0.726. The van der Waals surface area contributed by atoms with Crippen LogP contribution in [0.25, 0.3) is 0 Å². The zero-order chi connectivity index (χ0) is 13.0. The molecule has 2 aliphatic rings. The molecule has 0 aliphatic carbocycles. The third kappa shape index (κ3) is 3.95. The summed E-state index contributed by atoms with van der Waals surface area (Å²) in [5.41, 5.74) is 0. The topological polar surface area (TPSA) is 44.8 Å². The van der Waals surface area contributed by atoms with Gasteiger partial charge in [-0.15, -0.1) is 0 Å². The van der Waals surface area contributed by atoms with Gasteiger partial charge in [-0.05, 0) is 45.4 Å². The molecule has 0 amide bonds. The molecule has 18 heavy (non-hydrogen) atoms. The highest BCUT2D eigenvalue weighted by Crippen LogP contribution is 2.23. The predicted octanol–water partition coefficient (Wildman–Crippen LogP) is 2.16. The Morgan fingerprint density at radius 1 is 1.11 bits per heavy atom. The summed E-state index contributed by atoms with van der Waals surface area (Å²) in [6.07, 6.45) is 4.07. The monoisotopic (exact) mass is 256 g/mol. The van der Waals surface area contributed by atoms with Gasteiger partial charge in [0.1, 0.15) is 0 Å². The van der Waals surface area contributed by atoms with Crippen LogP contribution in [0.15, 0.2) is 0 Å². The Morgan fingerprint density at radius 3 is 2.44 bits per heavy atom. The lowest BCUT2D eigenvalue weighted by atomic mass is 9.95. The van der Waals surface area contributed by atoms with E-state index in [2.05, 4.69) is 6.92 Å². The standard InChI is InChI=1S/C14H24O4/c1-10-7-12(3-5-16-10)9-18-14(15)13-4-6-17-11(2)8-13/h10-13H,3-9H2,1-2H3. The normalized spacial score (nSPS) is 37.2. The fourth-order valence-corrected chi connectivity index (χ4v) is 2.77. The van der Waals surface area contributed by atoms with Gasteiger partial charge >= 0.3 is 5.97 Å². The second-order valence-electron chi connectivity index (χ2n) is 5.60. The highest BCUT2D eigenvalue weighted by Gasteiger charge is 2.28. The second-order valence-corrected chi connectivity index (χ2v) is 5.60. The number of rotatable bonds is 3. The van der Waals surface area contributed by atoms with Crippen molar-refractivity contribution in [2.45, 2.75) is 51.7 Å². The molecule has 0 aromatic rings. The minimum Gasteiger partial charge on any atom is -0.465 e. The van der Waals surface area contributed by atoms with Gasteiger partial charge in [0, 0.05) is 13.2 Å². The number of hydrogen-bond donors (Lipinski definition) is 0. The van der Waals surface area contributed by atoms with Crippen LogP contribution in [0.1, 0.15) is 39.5 Å². The zero-order valence-electron chi connectivity index (χ0n) is 11.4. The van der Waals surface area contributed by atoms with E-state index in [0.29, 0.717) is 25.2 Å². The van der Waals surface area contributed by atoms with Crippen LogP contribution in [0.5, 0.6) is 0 Å². The Kier molecular flexibility index (Phi) is 5.01. The minimum absolute atomic E-state index is 0.0333. The summed E-state index contributed by atoms with van der Waals surface area (Å²) in [4.78, 5) is 12.0. The molecule has 104 valence electrons. The lowest BCUT2D eigenvalue weighted by Gasteiger charge is -2.29. The first-order valence-electron chi connectivity index (χ1n) is 7.05. The molecule has 2 heterocycles. The summed E-state index contributed by atoms with van der Waals surface area (Å²) in [5.74, 6) is 0.463. The summed E-state index contributed by atoms with van der Waals surface area (Å²) in [6, 6.07) is 0. The average molecular weight is 256 g/mol. The van der Waals surface area contributed by atoms with Crippen molar-refractivity contribution in [2.24, 2.45) is 11.8 Å². The van der Waals surface area contributed by atoms with Gasteiger partial charge in [0.25, 0.3) is 0 Å².